The lowest BCUT2D eigenvalue weighted by Gasteiger charge is -2.44. The summed E-state index contributed by atoms with van der Waals surface area (Å²) in [6.45, 7) is 5.12. The smallest absolute Gasteiger partial charge is 0.233 e. The number of nitrogens with zero attached hydrogens (tertiary/aromatic N) is 5. The summed E-state index contributed by atoms with van der Waals surface area (Å²) in [5.41, 5.74) is 4.42. The molecule has 172 valence electrons. The Bertz CT molecular complexity index is 1130. The fourth-order valence-corrected chi connectivity index (χ4v) is 6.13. The zero-order valence-corrected chi connectivity index (χ0v) is 20.2. The fourth-order valence-electron chi connectivity index (χ4n) is 5.29. The van der Waals surface area contributed by atoms with Gasteiger partial charge in [0.05, 0.1) is 11.4 Å². The van der Waals surface area contributed by atoms with Gasteiger partial charge in [0.2, 0.25) is 5.91 Å². The lowest BCUT2D eigenvalue weighted by Crippen LogP contribution is -2.50. The second kappa shape index (κ2) is 9.67. The quantitative estimate of drug-likeness (QED) is 0.488. The van der Waals surface area contributed by atoms with E-state index in [1.54, 1.807) is 12.4 Å². The molecular formula is C26H31N5OS. The molecule has 0 bridgehead atoms. The third-order valence-corrected chi connectivity index (χ3v) is 8.12. The van der Waals surface area contributed by atoms with Crippen LogP contribution in [0.3, 0.4) is 0 Å². The van der Waals surface area contributed by atoms with Gasteiger partial charge in [0.15, 0.2) is 11.0 Å². The van der Waals surface area contributed by atoms with Crippen LogP contribution in [-0.4, -0.2) is 48.9 Å². The molecule has 5 rings (SSSR count). The molecule has 0 N–H and O–H groups in total. The minimum Gasteiger partial charge on any atom is -0.339 e. The van der Waals surface area contributed by atoms with E-state index in [2.05, 4.69) is 56.7 Å². The highest BCUT2D eigenvalue weighted by molar-refractivity contribution is 7.99. The number of likely N-dealkylation sites (tertiary alicyclic amines) is 1. The monoisotopic (exact) mass is 461 g/mol. The minimum absolute atomic E-state index is 0.233. The van der Waals surface area contributed by atoms with Crippen LogP contribution in [0.15, 0.2) is 47.9 Å². The van der Waals surface area contributed by atoms with E-state index >= 15 is 0 Å². The van der Waals surface area contributed by atoms with Crippen molar-refractivity contribution in [3.05, 3.63) is 53.9 Å². The Balaban J connectivity index is 1.41. The summed E-state index contributed by atoms with van der Waals surface area (Å²) in [6, 6.07) is 10.7. The molecule has 1 saturated heterocycles. The highest BCUT2D eigenvalue weighted by Gasteiger charge is 2.35. The van der Waals surface area contributed by atoms with Gasteiger partial charge in [0.25, 0.3) is 0 Å². The number of amides is 1. The van der Waals surface area contributed by atoms with Crippen molar-refractivity contribution in [1.29, 1.82) is 0 Å². The summed E-state index contributed by atoms with van der Waals surface area (Å²) >= 11 is 1.49. The zero-order valence-electron chi connectivity index (χ0n) is 19.4. The number of rotatable bonds is 5. The Labute approximate surface area is 199 Å². The van der Waals surface area contributed by atoms with Crippen molar-refractivity contribution < 1.29 is 4.79 Å². The highest BCUT2D eigenvalue weighted by Crippen LogP contribution is 2.36. The Kier molecular flexibility index (Phi) is 6.49. The molecule has 1 saturated carbocycles. The summed E-state index contributed by atoms with van der Waals surface area (Å²) in [5, 5.41) is 9.76. The van der Waals surface area contributed by atoms with Crippen molar-refractivity contribution in [3.8, 4) is 17.1 Å². The third kappa shape index (κ3) is 4.56. The number of aromatic nitrogens is 4. The van der Waals surface area contributed by atoms with Crippen LogP contribution in [-0.2, 0) is 4.79 Å². The lowest BCUT2D eigenvalue weighted by atomic mass is 9.78. The second-order valence-electron chi connectivity index (χ2n) is 9.28. The largest absolute Gasteiger partial charge is 0.339 e. The average Bonchev–Trinajstić information content (AvgIpc) is 3.28. The van der Waals surface area contributed by atoms with E-state index in [1.807, 2.05) is 12.1 Å². The van der Waals surface area contributed by atoms with Gasteiger partial charge >= 0.3 is 0 Å². The molecule has 1 aliphatic carbocycles. The first-order chi connectivity index (χ1) is 16.1. The maximum absolute atomic E-state index is 13.3. The van der Waals surface area contributed by atoms with Crippen molar-refractivity contribution in [2.75, 3.05) is 12.3 Å². The Morgan fingerprint density at radius 1 is 1.00 bits per heavy atom. The van der Waals surface area contributed by atoms with Gasteiger partial charge in [-0.2, -0.15) is 0 Å². The molecule has 3 heterocycles. The number of hydrogen-bond donors (Lipinski definition) is 0. The van der Waals surface area contributed by atoms with E-state index in [0.717, 1.165) is 41.6 Å². The third-order valence-electron chi connectivity index (χ3n) is 7.21. The molecule has 3 aromatic rings. The van der Waals surface area contributed by atoms with Crippen LogP contribution >= 0.6 is 11.8 Å². The molecule has 2 aliphatic rings. The molecule has 2 fully saturated rings. The first-order valence-electron chi connectivity index (χ1n) is 12.0. The first-order valence-corrected chi connectivity index (χ1v) is 13.0. The molecule has 1 aliphatic heterocycles. The topological polar surface area (TPSA) is 63.9 Å². The predicted octanol–water partition coefficient (Wildman–Crippen LogP) is 5.22. The van der Waals surface area contributed by atoms with Crippen LogP contribution in [0.1, 0.15) is 49.7 Å². The molecule has 1 amide bonds. The number of benzene rings is 1. The Morgan fingerprint density at radius 3 is 2.61 bits per heavy atom. The normalized spacial score (nSPS) is 20.5. The molecule has 6 nitrogen and oxygen atoms in total. The van der Waals surface area contributed by atoms with Crippen molar-refractivity contribution >= 4 is 17.7 Å². The maximum Gasteiger partial charge on any atom is 0.233 e. The number of hydrogen-bond acceptors (Lipinski definition) is 5. The van der Waals surface area contributed by atoms with E-state index in [1.165, 1.54) is 48.6 Å². The number of carbonyl (C=O) groups excluding carboxylic acids is 1. The van der Waals surface area contributed by atoms with E-state index in [9.17, 15) is 4.79 Å². The van der Waals surface area contributed by atoms with Crippen LogP contribution in [0, 0.1) is 19.8 Å². The second-order valence-corrected chi connectivity index (χ2v) is 10.2. The van der Waals surface area contributed by atoms with Gasteiger partial charge < -0.3 is 4.90 Å². The van der Waals surface area contributed by atoms with E-state index in [-0.39, 0.29) is 5.91 Å². The van der Waals surface area contributed by atoms with Crippen molar-refractivity contribution in [3.63, 3.8) is 0 Å². The van der Waals surface area contributed by atoms with Gasteiger partial charge in [0, 0.05) is 30.5 Å². The van der Waals surface area contributed by atoms with Crippen LogP contribution in [0.25, 0.3) is 17.1 Å². The predicted molar refractivity (Wildman–Crippen MR) is 131 cm³/mol. The number of thioether (sulfide) groups is 1. The maximum atomic E-state index is 13.3. The summed E-state index contributed by atoms with van der Waals surface area (Å²) in [6.07, 6.45) is 10.9. The first kappa shape index (κ1) is 22.1. The molecule has 1 aromatic carbocycles. The molecule has 7 heteroatoms. The van der Waals surface area contributed by atoms with Crippen molar-refractivity contribution in [2.45, 2.75) is 63.6 Å². The Morgan fingerprint density at radius 2 is 1.79 bits per heavy atom. The molecule has 0 radical (unpaired) electrons. The number of carbonyl (C=O) groups is 1. The molecule has 0 spiro atoms. The SMILES string of the molecule is Cc1ccc(-n2c(SCC(=O)N3CCC[C@@H]4CCCC[C@H]43)nnc2-c2ccncc2)cc1C. The van der Waals surface area contributed by atoms with E-state index < -0.39 is 0 Å². The van der Waals surface area contributed by atoms with Gasteiger partial charge in [-0.05, 0) is 80.8 Å². The summed E-state index contributed by atoms with van der Waals surface area (Å²) in [7, 11) is 0. The standard InChI is InChI=1S/C26H31N5OS/c1-18-9-10-22(16-19(18)2)31-25(21-11-13-27-14-12-21)28-29-26(31)33-17-24(32)30-15-5-7-20-6-3-4-8-23(20)30/h9-14,16,20,23H,3-8,15,17H2,1-2H3/t20-,23+/m0/s1. The number of piperidine rings is 1. The molecular weight excluding hydrogens is 430 g/mol. The average molecular weight is 462 g/mol. The highest BCUT2D eigenvalue weighted by atomic mass is 32.2. The number of fused-ring (bicyclic) bond motifs is 1. The van der Waals surface area contributed by atoms with Crippen LogP contribution < -0.4 is 0 Å². The van der Waals surface area contributed by atoms with Crippen molar-refractivity contribution in [1.82, 2.24) is 24.6 Å². The van der Waals surface area contributed by atoms with Crippen LogP contribution in [0.2, 0.25) is 0 Å². The van der Waals surface area contributed by atoms with Crippen LogP contribution in [0.5, 0.6) is 0 Å². The molecule has 2 atom stereocenters. The lowest BCUT2D eigenvalue weighted by molar-refractivity contribution is -0.134. The summed E-state index contributed by atoms with van der Waals surface area (Å²) in [4.78, 5) is 19.6. The van der Waals surface area contributed by atoms with Gasteiger partial charge in [-0.25, -0.2) is 0 Å². The zero-order chi connectivity index (χ0) is 22.8. The molecule has 2 aromatic heterocycles. The minimum atomic E-state index is 0.233. The van der Waals surface area contributed by atoms with Gasteiger partial charge in [-0.1, -0.05) is 30.7 Å². The fraction of sp³-hybridized carbons (Fsp3) is 0.462. The van der Waals surface area contributed by atoms with Gasteiger partial charge in [-0.3, -0.25) is 14.3 Å². The molecule has 33 heavy (non-hydrogen) atoms. The molecule has 0 unspecified atom stereocenters. The van der Waals surface area contributed by atoms with Crippen LogP contribution in [0.4, 0.5) is 0 Å². The number of pyridine rings is 1. The van der Waals surface area contributed by atoms with Crippen molar-refractivity contribution in [2.24, 2.45) is 5.92 Å². The summed E-state index contributed by atoms with van der Waals surface area (Å²) in [5.74, 6) is 2.08. The van der Waals surface area contributed by atoms with Gasteiger partial charge in [0.1, 0.15) is 0 Å². The number of aryl methyl sites for hydroxylation is 2. The Hall–Kier alpha value is -2.67. The van der Waals surface area contributed by atoms with E-state index in [0.29, 0.717) is 17.7 Å². The van der Waals surface area contributed by atoms with Gasteiger partial charge in [-0.15, -0.1) is 10.2 Å². The van der Waals surface area contributed by atoms with E-state index in [4.69, 9.17) is 0 Å². The summed E-state index contributed by atoms with van der Waals surface area (Å²) < 4.78 is 2.07.